The Balaban J connectivity index is 1.54. The Kier molecular flexibility index (Phi) is 6.33. The predicted octanol–water partition coefficient (Wildman–Crippen LogP) is 5.56. The highest BCUT2D eigenvalue weighted by Gasteiger charge is 2.37. The van der Waals surface area contributed by atoms with Gasteiger partial charge in [-0.3, -0.25) is 9.69 Å². The fourth-order valence-electron chi connectivity index (χ4n) is 4.27. The van der Waals surface area contributed by atoms with E-state index in [-0.39, 0.29) is 11.6 Å². The first-order valence-corrected chi connectivity index (χ1v) is 10.7. The number of alkyl halides is 3. The molecule has 3 nitrogen and oxygen atoms in total. The molecule has 0 bridgehead atoms. The van der Waals surface area contributed by atoms with Gasteiger partial charge in [0.15, 0.2) is 0 Å². The van der Waals surface area contributed by atoms with Gasteiger partial charge in [0.2, 0.25) is 0 Å². The number of aryl methyl sites for hydroxylation is 1. The zero-order valence-electron chi connectivity index (χ0n) is 17.8. The molecule has 3 aromatic carbocycles. The van der Waals surface area contributed by atoms with Gasteiger partial charge >= 0.3 is 6.18 Å². The molecule has 32 heavy (non-hydrogen) atoms. The van der Waals surface area contributed by atoms with Gasteiger partial charge in [-0.05, 0) is 30.2 Å². The van der Waals surface area contributed by atoms with Crippen LogP contribution in [0, 0.1) is 6.92 Å². The molecule has 166 valence electrons. The van der Waals surface area contributed by atoms with Crippen LogP contribution in [0.15, 0.2) is 78.9 Å². The Morgan fingerprint density at radius 2 is 1.34 bits per heavy atom. The van der Waals surface area contributed by atoms with Crippen LogP contribution in [0.1, 0.15) is 38.7 Å². The number of carbonyl (C=O) groups excluding carboxylic acids is 1. The lowest BCUT2D eigenvalue weighted by molar-refractivity contribution is -0.138. The molecule has 1 aliphatic rings. The summed E-state index contributed by atoms with van der Waals surface area (Å²) in [7, 11) is 0. The van der Waals surface area contributed by atoms with E-state index >= 15 is 0 Å². The van der Waals surface area contributed by atoms with Gasteiger partial charge in [0.25, 0.3) is 5.91 Å². The van der Waals surface area contributed by atoms with Crippen LogP contribution in [0.2, 0.25) is 0 Å². The summed E-state index contributed by atoms with van der Waals surface area (Å²) in [6.07, 6.45) is -4.56. The summed E-state index contributed by atoms with van der Waals surface area (Å²) in [4.78, 5) is 16.7. The van der Waals surface area contributed by atoms with Gasteiger partial charge in [-0.2, -0.15) is 13.2 Å². The number of hydrogen-bond donors (Lipinski definition) is 0. The number of carbonyl (C=O) groups is 1. The fraction of sp³-hybridized carbons (Fsp3) is 0.269. The molecule has 1 heterocycles. The van der Waals surface area contributed by atoms with Crippen LogP contribution < -0.4 is 0 Å². The van der Waals surface area contributed by atoms with Crippen LogP contribution in [0.25, 0.3) is 0 Å². The molecule has 3 aromatic rings. The van der Waals surface area contributed by atoms with Crippen molar-refractivity contribution in [3.05, 3.63) is 107 Å². The van der Waals surface area contributed by atoms with E-state index in [1.54, 1.807) is 0 Å². The lowest BCUT2D eigenvalue weighted by Gasteiger charge is -2.40. The molecule has 1 amide bonds. The minimum atomic E-state index is -4.56. The summed E-state index contributed by atoms with van der Waals surface area (Å²) in [5.74, 6) is -0.566. The van der Waals surface area contributed by atoms with Gasteiger partial charge in [-0.1, -0.05) is 72.3 Å². The Morgan fingerprint density at radius 3 is 1.97 bits per heavy atom. The minimum Gasteiger partial charge on any atom is -0.336 e. The quantitative estimate of drug-likeness (QED) is 0.532. The maximum atomic E-state index is 13.4. The van der Waals surface area contributed by atoms with E-state index in [1.807, 2.05) is 25.1 Å². The standard InChI is InChI=1S/C26H25F3N2O/c1-19-11-13-21(14-12-19)24(20-7-3-2-4-8-20)30-15-17-31(18-16-30)25(32)22-9-5-6-10-23(22)26(27,28)29/h2-14,24H,15-18H2,1H3. The lowest BCUT2D eigenvalue weighted by atomic mass is 9.95. The van der Waals surface area contributed by atoms with Gasteiger partial charge in [0, 0.05) is 26.2 Å². The van der Waals surface area contributed by atoms with Gasteiger partial charge < -0.3 is 4.90 Å². The second kappa shape index (κ2) is 9.17. The highest BCUT2D eigenvalue weighted by molar-refractivity contribution is 5.96. The Morgan fingerprint density at radius 1 is 0.781 bits per heavy atom. The number of halogens is 3. The van der Waals surface area contributed by atoms with Crippen molar-refractivity contribution in [2.45, 2.75) is 19.1 Å². The first kappa shape index (κ1) is 22.1. The van der Waals surface area contributed by atoms with Crippen LogP contribution in [-0.2, 0) is 6.18 Å². The van der Waals surface area contributed by atoms with E-state index in [0.717, 1.165) is 17.2 Å². The number of nitrogens with zero attached hydrogens (tertiary/aromatic N) is 2. The third-order valence-electron chi connectivity index (χ3n) is 5.94. The minimum absolute atomic E-state index is 0.0245. The second-order valence-corrected chi connectivity index (χ2v) is 8.10. The van der Waals surface area contributed by atoms with Crippen molar-refractivity contribution in [3.8, 4) is 0 Å². The molecule has 1 unspecified atom stereocenters. The van der Waals surface area contributed by atoms with E-state index in [9.17, 15) is 18.0 Å². The maximum Gasteiger partial charge on any atom is 0.417 e. The molecule has 0 spiro atoms. The highest BCUT2D eigenvalue weighted by atomic mass is 19.4. The molecule has 6 heteroatoms. The molecule has 1 atom stereocenters. The van der Waals surface area contributed by atoms with E-state index in [4.69, 9.17) is 0 Å². The number of benzene rings is 3. The Bertz CT molecular complexity index is 1060. The van der Waals surface area contributed by atoms with Gasteiger partial charge in [-0.15, -0.1) is 0 Å². The number of piperazine rings is 1. The molecule has 0 saturated carbocycles. The molecule has 0 radical (unpaired) electrons. The number of hydrogen-bond acceptors (Lipinski definition) is 2. The number of amides is 1. The fourth-order valence-corrected chi connectivity index (χ4v) is 4.27. The van der Waals surface area contributed by atoms with Crippen LogP contribution in [0.4, 0.5) is 13.2 Å². The first-order chi connectivity index (χ1) is 15.3. The summed E-state index contributed by atoms with van der Waals surface area (Å²) < 4.78 is 40.1. The summed E-state index contributed by atoms with van der Waals surface area (Å²) >= 11 is 0. The summed E-state index contributed by atoms with van der Waals surface area (Å²) in [5, 5.41) is 0. The predicted molar refractivity (Wildman–Crippen MR) is 118 cm³/mol. The van der Waals surface area contributed by atoms with Crippen molar-refractivity contribution in [2.75, 3.05) is 26.2 Å². The summed E-state index contributed by atoms with van der Waals surface area (Å²) in [6, 6.07) is 23.6. The van der Waals surface area contributed by atoms with Crippen molar-refractivity contribution >= 4 is 5.91 Å². The SMILES string of the molecule is Cc1ccc(C(c2ccccc2)N2CCN(C(=O)c3ccccc3C(F)(F)F)CC2)cc1. The molecular formula is C26H25F3N2O. The lowest BCUT2D eigenvalue weighted by Crippen LogP contribution is -2.50. The van der Waals surface area contributed by atoms with Crippen molar-refractivity contribution < 1.29 is 18.0 Å². The van der Waals surface area contributed by atoms with Gasteiger partial charge in [0.05, 0.1) is 17.2 Å². The van der Waals surface area contributed by atoms with Crippen molar-refractivity contribution in [3.63, 3.8) is 0 Å². The number of rotatable bonds is 4. The zero-order chi connectivity index (χ0) is 22.7. The van der Waals surface area contributed by atoms with Crippen molar-refractivity contribution in [1.82, 2.24) is 9.80 Å². The maximum absolute atomic E-state index is 13.4. The van der Waals surface area contributed by atoms with Crippen molar-refractivity contribution in [2.24, 2.45) is 0 Å². The molecule has 0 aromatic heterocycles. The second-order valence-electron chi connectivity index (χ2n) is 8.10. The van der Waals surface area contributed by atoms with Gasteiger partial charge in [0.1, 0.15) is 0 Å². The smallest absolute Gasteiger partial charge is 0.336 e. The van der Waals surface area contributed by atoms with Crippen molar-refractivity contribution in [1.29, 1.82) is 0 Å². The average molecular weight is 438 g/mol. The zero-order valence-corrected chi connectivity index (χ0v) is 17.8. The monoisotopic (exact) mass is 438 g/mol. The highest BCUT2D eigenvalue weighted by Crippen LogP contribution is 2.33. The Labute approximate surface area is 186 Å². The van der Waals surface area contributed by atoms with E-state index in [1.165, 1.54) is 28.7 Å². The molecule has 0 aliphatic carbocycles. The largest absolute Gasteiger partial charge is 0.417 e. The third kappa shape index (κ3) is 4.70. The first-order valence-electron chi connectivity index (χ1n) is 10.7. The molecule has 1 fully saturated rings. The Hall–Kier alpha value is -3.12. The third-order valence-corrected chi connectivity index (χ3v) is 5.94. The average Bonchev–Trinajstić information content (AvgIpc) is 2.81. The molecule has 4 rings (SSSR count). The van der Waals surface area contributed by atoms with E-state index in [0.29, 0.717) is 26.2 Å². The van der Waals surface area contributed by atoms with Crippen LogP contribution in [-0.4, -0.2) is 41.9 Å². The topological polar surface area (TPSA) is 23.6 Å². The normalized spacial score (nSPS) is 16.1. The summed E-state index contributed by atoms with van der Waals surface area (Å²) in [5.41, 5.74) is 2.32. The molecule has 1 aliphatic heterocycles. The molecule has 1 saturated heterocycles. The van der Waals surface area contributed by atoms with Crippen LogP contribution in [0.5, 0.6) is 0 Å². The summed E-state index contributed by atoms with van der Waals surface area (Å²) in [6.45, 7) is 3.95. The van der Waals surface area contributed by atoms with Gasteiger partial charge in [-0.25, -0.2) is 0 Å². The van der Waals surface area contributed by atoms with E-state index < -0.39 is 17.6 Å². The molecular weight excluding hydrogens is 413 g/mol. The van der Waals surface area contributed by atoms with Crippen LogP contribution >= 0.6 is 0 Å². The molecule has 0 N–H and O–H groups in total. The van der Waals surface area contributed by atoms with E-state index in [2.05, 4.69) is 41.3 Å². The van der Waals surface area contributed by atoms with Crippen LogP contribution in [0.3, 0.4) is 0 Å².